The first-order chi connectivity index (χ1) is 14.0. The fourth-order valence-corrected chi connectivity index (χ4v) is 4.14. The highest BCUT2D eigenvalue weighted by atomic mass is 16.5. The van der Waals surface area contributed by atoms with E-state index >= 15 is 0 Å². The zero-order valence-corrected chi connectivity index (χ0v) is 16.2. The van der Waals surface area contributed by atoms with Gasteiger partial charge in [-0.3, -0.25) is 14.5 Å². The summed E-state index contributed by atoms with van der Waals surface area (Å²) in [6, 6.07) is 14.2. The van der Waals surface area contributed by atoms with Crippen LogP contribution in [0.4, 0.5) is 10.5 Å². The molecule has 0 radical (unpaired) electrons. The molecule has 29 heavy (non-hydrogen) atoms. The number of amides is 4. The smallest absolute Gasteiger partial charge is 0.325 e. The fraction of sp³-hybridized carbons (Fsp3) is 0.318. The Morgan fingerprint density at radius 3 is 2.76 bits per heavy atom. The maximum atomic E-state index is 13.3. The van der Waals surface area contributed by atoms with E-state index < -0.39 is 17.5 Å². The molecule has 7 nitrogen and oxygen atoms in total. The van der Waals surface area contributed by atoms with Crippen molar-refractivity contribution in [3.8, 4) is 5.75 Å². The lowest BCUT2D eigenvalue weighted by Gasteiger charge is -2.33. The third kappa shape index (κ3) is 3.33. The summed E-state index contributed by atoms with van der Waals surface area (Å²) < 4.78 is 5.50. The van der Waals surface area contributed by atoms with Crippen LogP contribution in [0.2, 0.25) is 0 Å². The summed E-state index contributed by atoms with van der Waals surface area (Å²) in [6.07, 6.45) is 2.19. The molecule has 1 fully saturated rings. The van der Waals surface area contributed by atoms with Crippen molar-refractivity contribution in [2.24, 2.45) is 0 Å². The number of imide groups is 1. The molecule has 2 N–H and O–H groups in total. The summed E-state index contributed by atoms with van der Waals surface area (Å²) in [5.41, 5.74) is 1.32. The van der Waals surface area contributed by atoms with E-state index in [9.17, 15) is 14.4 Å². The molecule has 0 bridgehead atoms. The van der Waals surface area contributed by atoms with Crippen LogP contribution in [0, 0.1) is 0 Å². The van der Waals surface area contributed by atoms with Gasteiger partial charge in [-0.05, 0) is 49.4 Å². The Bertz CT molecular complexity index is 974. The predicted molar refractivity (Wildman–Crippen MR) is 108 cm³/mol. The van der Waals surface area contributed by atoms with Crippen molar-refractivity contribution in [3.63, 3.8) is 0 Å². The van der Waals surface area contributed by atoms with Crippen LogP contribution in [0.3, 0.4) is 0 Å². The van der Waals surface area contributed by atoms with Crippen LogP contribution >= 0.6 is 0 Å². The molecule has 2 aliphatic rings. The molecule has 0 saturated carbocycles. The quantitative estimate of drug-likeness (QED) is 0.765. The Balaban J connectivity index is 1.53. The van der Waals surface area contributed by atoms with Crippen molar-refractivity contribution >= 4 is 23.5 Å². The molecule has 4 rings (SSSR count). The van der Waals surface area contributed by atoms with Crippen LogP contribution in [0.1, 0.15) is 30.9 Å². The molecule has 0 unspecified atom stereocenters. The maximum Gasteiger partial charge on any atom is 0.325 e. The highest BCUT2D eigenvalue weighted by Gasteiger charge is 2.54. The predicted octanol–water partition coefficient (Wildman–Crippen LogP) is 2.81. The number of aryl methyl sites for hydroxylation is 1. The van der Waals surface area contributed by atoms with Crippen LogP contribution in [-0.2, 0) is 21.5 Å². The number of carbonyl (C=O) groups excluding carboxylic acids is 3. The van der Waals surface area contributed by atoms with E-state index in [2.05, 4.69) is 10.6 Å². The maximum absolute atomic E-state index is 13.3. The molecule has 2 aromatic carbocycles. The molecule has 1 heterocycles. The second kappa shape index (κ2) is 7.58. The molecule has 1 aliphatic heterocycles. The molecule has 1 spiro atoms. The first-order valence-corrected chi connectivity index (χ1v) is 9.79. The largest absolute Gasteiger partial charge is 0.492 e. The minimum absolute atomic E-state index is 0.352. The van der Waals surface area contributed by atoms with Gasteiger partial charge in [0.2, 0.25) is 5.91 Å². The van der Waals surface area contributed by atoms with E-state index in [1.165, 1.54) is 0 Å². The molecule has 4 amide bonds. The lowest BCUT2D eigenvalue weighted by atomic mass is 9.76. The highest BCUT2D eigenvalue weighted by molar-refractivity contribution is 6.10. The van der Waals surface area contributed by atoms with Crippen molar-refractivity contribution in [3.05, 3.63) is 59.7 Å². The van der Waals surface area contributed by atoms with Gasteiger partial charge >= 0.3 is 6.03 Å². The van der Waals surface area contributed by atoms with Crippen LogP contribution in [0.25, 0.3) is 0 Å². The lowest BCUT2D eigenvalue weighted by Crippen LogP contribution is -2.47. The van der Waals surface area contributed by atoms with Gasteiger partial charge in [0.25, 0.3) is 5.91 Å². The number of benzene rings is 2. The normalized spacial score (nSPS) is 20.4. The van der Waals surface area contributed by atoms with Gasteiger partial charge in [-0.25, -0.2) is 4.79 Å². The summed E-state index contributed by atoms with van der Waals surface area (Å²) in [5, 5.41) is 5.59. The number of nitrogens with zero attached hydrogens (tertiary/aromatic N) is 1. The number of fused-ring (bicyclic) bond motifs is 2. The summed E-state index contributed by atoms with van der Waals surface area (Å²) in [4.78, 5) is 39.5. The fourth-order valence-electron chi connectivity index (χ4n) is 4.14. The average Bonchev–Trinajstić information content (AvgIpc) is 2.95. The number of carbonyl (C=O) groups is 3. The van der Waals surface area contributed by atoms with Crippen molar-refractivity contribution in [2.75, 3.05) is 18.5 Å². The van der Waals surface area contributed by atoms with Crippen molar-refractivity contribution in [1.29, 1.82) is 0 Å². The minimum Gasteiger partial charge on any atom is -0.492 e. The van der Waals surface area contributed by atoms with E-state index in [-0.39, 0.29) is 12.5 Å². The average molecular weight is 393 g/mol. The first kappa shape index (κ1) is 19.0. The van der Waals surface area contributed by atoms with Crippen LogP contribution in [0.15, 0.2) is 48.5 Å². The zero-order chi connectivity index (χ0) is 20.4. The third-order valence-electron chi connectivity index (χ3n) is 5.41. The number of urea groups is 1. The van der Waals surface area contributed by atoms with Gasteiger partial charge in [-0.15, -0.1) is 0 Å². The van der Waals surface area contributed by atoms with Gasteiger partial charge in [-0.1, -0.05) is 36.4 Å². The van der Waals surface area contributed by atoms with Crippen LogP contribution in [0.5, 0.6) is 5.75 Å². The van der Waals surface area contributed by atoms with Gasteiger partial charge < -0.3 is 15.4 Å². The summed E-state index contributed by atoms with van der Waals surface area (Å²) >= 11 is 0. The molecule has 0 aromatic heterocycles. The number of hydrogen-bond donors (Lipinski definition) is 2. The SMILES string of the molecule is CCOc1ccccc1NC(=O)CN1C(=O)N[C@@]2(CCCc3ccccc32)C1=O. The minimum atomic E-state index is -1.07. The molecule has 1 saturated heterocycles. The Hall–Kier alpha value is -3.35. The van der Waals surface area contributed by atoms with Crippen molar-refractivity contribution < 1.29 is 19.1 Å². The van der Waals surface area contributed by atoms with Crippen molar-refractivity contribution in [2.45, 2.75) is 31.7 Å². The van der Waals surface area contributed by atoms with E-state index in [0.717, 1.165) is 28.9 Å². The molecular weight excluding hydrogens is 370 g/mol. The van der Waals surface area contributed by atoms with Gasteiger partial charge in [0.05, 0.1) is 12.3 Å². The second-order valence-corrected chi connectivity index (χ2v) is 7.21. The Morgan fingerprint density at radius 1 is 1.17 bits per heavy atom. The summed E-state index contributed by atoms with van der Waals surface area (Å²) in [7, 11) is 0. The highest BCUT2D eigenvalue weighted by Crippen LogP contribution is 2.39. The number of nitrogens with one attached hydrogen (secondary N) is 2. The number of hydrogen-bond acceptors (Lipinski definition) is 4. The van der Waals surface area contributed by atoms with E-state index in [1.54, 1.807) is 18.2 Å². The number of ether oxygens (including phenoxy) is 1. The van der Waals surface area contributed by atoms with Gasteiger partial charge in [0.1, 0.15) is 17.8 Å². The molecule has 150 valence electrons. The Kier molecular flexibility index (Phi) is 4.96. The first-order valence-electron chi connectivity index (χ1n) is 9.79. The van der Waals surface area contributed by atoms with Crippen molar-refractivity contribution in [1.82, 2.24) is 10.2 Å². The van der Waals surface area contributed by atoms with Gasteiger partial charge in [0, 0.05) is 0 Å². The molecule has 1 atom stereocenters. The van der Waals surface area contributed by atoms with Crippen LogP contribution in [-0.4, -0.2) is 35.9 Å². The van der Waals surface area contributed by atoms with Gasteiger partial charge in [0.15, 0.2) is 0 Å². The number of rotatable bonds is 5. The molecule has 7 heteroatoms. The van der Waals surface area contributed by atoms with E-state index in [1.807, 2.05) is 37.3 Å². The summed E-state index contributed by atoms with van der Waals surface area (Å²) in [5.74, 6) is -0.289. The standard InChI is InChI=1S/C22H23N3O4/c1-2-29-18-12-6-5-11-17(18)23-19(26)14-25-20(27)22(24-21(25)28)13-7-9-15-8-3-4-10-16(15)22/h3-6,8,10-12H,2,7,9,13-14H2,1H3,(H,23,26)(H,24,28)/t22-/m1/s1. The molecule has 2 aromatic rings. The topological polar surface area (TPSA) is 87.7 Å². The third-order valence-corrected chi connectivity index (χ3v) is 5.41. The molecule has 1 aliphatic carbocycles. The van der Waals surface area contributed by atoms with Gasteiger partial charge in [-0.2, -0.15) is 0 Å². The van der Waals surface area contributed by atoms with E-state index in [0.29, 0.717) is 24.5 Å². The number of anilines is 1. The van der Waals surface area contributed by atoms with Crippen LogP contribution < -0.4 is 15.4 Å². The Labute approximate surface area is 169 Å². The Morgan fingerprint density at radius 2 is 1.93 bits per heavy atom. The van der Waals surface area contributed by atoms with E-state index in [4.69, 9.17) is 4.74 Å². The monoisotopic (exact) mass is 393 g/mol. The summed E-state index contributed by atoms with van der Waals surface area (Å²) in [6.45, 7) is 1.96. The number of para-hydroxylation sites is 2. The second-order valence-electron chi connectivity index (χ2n) is 7.21. The molecular formula is C22H23N3O4. The zero-order valence-electron chi connectivity index (χ0n) is 16.2. The lowest BCUT2D eigenvalue weighted by molar-refractivity contribution is -0.134.